The average Bonchev–Trinajstić information content (AvgIpc) is 1.95. The van der Waals surface area contributed by atoms with Crippen molar-refractivity contribution in [2.75, 3.05) is 27.2 Å². The van der Waals surface area contributed by atoms with Crippen molar-refractivity contribution >= 4 is 17.2 Å². The van der Waals surface area contributed by atoms with Crippen LogP contribution in [0.2, 0.25) is 0 Å². The average molecular weight is 208 g/mol. The number of nitrogens with zero attached hydrogens (tertiary/aromatic N) is 2. The Labute approximate surface area is 80.3 Å². The van der Waals surface area contributed by atoms with Crippen LogP contribution < -0.4 is 5.32 Å². The second-order valence-corrected chi connectivity index (χ2v) is 3.48. The maximum absolute atomic E-state index is 10.6. The van der Waals surface area contributed by atoms with Crippen molar-refractivity contribution in [2.24, 2.45) is 0 Å². The molecule has 0 aromatic rings. The molecule has 0 aliphatic carbocycles. The van der Waals surface area contributed by atoms with Crippen LogP contribution in [0.25, 0.3) is 0 Å². The van der Waals surface area contributed by atoms with Gasteiger partial charge in [-0.2, -0.15) is 4.41 Å². The summed E-state index contributed by atoms with van der Waals surface area (Å²) in [6.07, 6.45) is 0. The minimum atomic E-state index is -2.29. The molecule has 0 aromatic heterocycles. The van der Waals surface area contributed by atoms with Gasteiger partial charge in [0.15, 0.2) is 0 Å². The fraction of sp³-hybridized carbons (Fsp3) is 0.833. The van der Waals surface area contributed by atoms with Crippen molar-refractivity contribution in [3.63, 3.8) is 0 Å². The highest BCUT2D eigenvalue weighted by molar-refractivity contribution is 7.76. The smallest absolute Gasteiger partial charge is 0.216 e. The first-order valence-electron chi connectivity index (χ1n) is 3.73. The summed E-state index contributed by atoms with van der Waals surface area (Å²) in [5, 5.41) is 3.94. The molecule has 1 atom stereocenters. The van der Waals surface area contributed by atoms with Crippen LogP contribution in [0, 0.1) is 0 Å². The number of hydrogen-bond acceptors (Lipinski definition) is 4. The van der Waals surface area contributed by atoms with E-state index >= 15 is 0 Å². The molecule has 0 aromatic carbocycles. The first-order valence-corrected chi connectivity index (χ1v) is 4.77. The van der Waals surface area contributed by atoms with Gasteiger partial charge in [-0.15, -0.1) is 0 Å². The summed E-state index contributed by atoms with van der Waals surface area (Å²) >= 11 is -2.29. The summed E-state index contributed by atoms with van der Waals surface area (Å²) in [7, 11) is 3.23. The first-order chi connectivity index (χ1) is 5.95. The maximum Gasteiger partial charge on any atom is 0.216 e. The van der Waals surface area contributed by atoms with Crippen molar-refractivity contribution in [1.82, 2.24) is 14.7 Å². The van der Waals surface area contributed by atoms with Gasteiger partial charge < -0.3 is 9.87 Å². The predicted molar refractivity (Wildman–Crippen MR) is 48.0 cm³/mol. The highest BCUT2D eigenvalue weighted by atomic mass is 32.2. The second-order valence-electron chi connectivity index (χ2n) is 2.62. The number of hydrogen-bond donors (Lipinski definition) is 1. The lowest BCUT2D eigenvalue weighted by molar-refractivity contribution is -0.119. The molecule has 0 rings (SSSR count). The summed E-state index contributed by atoms with van der Waals surface area (Å²) in [4.78, 5) is 10.5. The second kappa shape index (κ2) is 6.03. The molecule has 0 radical (unpaired) electrons. The molecule has 0 bridgehead atoms. The van der Waals surface area contributed by atoms with Gasteiger partial charge in [0, 0.05) is 45.4 Å². The molecule has 1 amide bonds. The Morgan fingerprint density at radius 3 is 2.38 bits per heavy atom. The SMILES string of the molecule is CC(=O)NCCN(N(C)C)S(=O)[O-]. The van der Waals surface area contributed by atoms with Gasteiger partial charge in [0.25, 0.3) is 0 Å². The lowest BCUT2D eigenvalue weighted by Gasteiger charge is -2.29. The monoisotopic (exact) mass is 208 g/mol. The van der Waals surface area contributed by atoms with E-state index in [4.69, 9.17) is 0 Å². The largest absolute Gasteiger partial charge is 0.759 e. The van der Waals surface area contributed by atoms with Gasteiger partial charge >= 0.3 is 0 Å². The topological polar surface area (TPSA) is 75.7 Å². The van der Waals surface area contributed by atoms with Gasteiger partial charge in [-0.1, -0.05) is 0 Å². The molecule has 1 N–H and O–H groups in total. The van der Waals surface area contributed by atoms with Gasteiger partial charge in [0.1, 0.15) is 0 Å². The number of amides is 1. The standard InChI is InChI=1S/C6H15N3O3S/c1-6(10)7-4-5-9(8(2)3)13(11)12/h4-5H2,1-3H3,(H,7,10)(H,11,12)/p-1. The molecule has 0 heterocycles. The van der Waals surface area contributed by atoms with E-state index in [1.165, 1.54) is 11.9 Å². The number of carbonyl (C=O) groups excluding carboxylic acids is 1. The van der Waals surface area contributed by atoms with Crippen LogP contribution in [0.15, 0.2) is 0 Å². The van der Waals surface area contributed by atoms with Crippen molar-refractivity contribution in [3.8, 4) is 0 Å². The number of carbonyl (C=O) groups is 1. The van der Waals surface area contributed by atoms with Gasteiger partial charge in [0.05, 0.1) is 0 Å². The fourth-order valence-electron chi connectivity index (χ4n) is 0.735. The zero-order valence-electron chi connectivity index (χ0n) is 7.94. The van der Waals surface area contributed by atoms with Crippen LogP contribution in [0.4, 0.5) is 0 Å². The Bertz CT molecular complexity index is 198. The Kier molecular flexibility index (Phi) is 5.80. The Morgan fingerprint density at radius 2 is 2.08 bits per heavy atom. The van der Waals surface area contributed by atoms with Crippen LogP contribution in [0.5, 0.6) is 0 Å². The molecular formula is C6H14N3O3S-. The van der Waals surface area contributed by atoms with Crippen LogP contribution in [-0.4, -0.2) is 51.3 Å². The first kappa shape index (κ1) is 12.5. The molecule has 78 valence electrons. The van der Waals surface area contributed by atoms with E-state index in [2.05, 4.69) is 5.32 Å². The quantitative estimate of drug-likeness (QED) is 0.450. The number of hydrazine groups is 1. The lowest BCUT2D eigenvalue weighted by Crippen LogP contribution is -2.42. The molecule has 0 saturated heterocycles. The zero-order valence-corrected chi connectivity index (χ0v) is 8.76. The Hall–Kier alpha value is -0.500. The van der Waals surface area contributed by atoms with Crippen molar-refractivity contribution in [1.29, 1.82) is 0 Å². The van der Waals surface area contributed by atoms with Crippen LogP contribution in [0.1, 0.15) is 6.92 Å². The van der Waals surface area contributed by atoms with E-state index in [9.17, 15) is 13.6 Å². The molecule has 0 spiro atoms. The summed E-state index contributed by atoms with van der Waals surface area (Å²) in [5.41, 5.74) is 0. The van der Waals surface area contributed by atoms with Crippen molar-refractivity contribution in [3.05, 3.63) is 0 Å². The molecule has 0 aliphatic rings. The van der Waals surface area contributed by atoms with Gasteiger partial charge in [0.2, 0.25) is 5.91 Å². The van der Waals surface area contributed by atoms with E-state index < -0.39 is 11.3 Å². The Morgan fingerprint density at radius 1 is 1.54 bits per heavy atom. The summed E-state index contributed by atoms with van der Waals surface area (Å²) in [6, 6.07) is 0. The Balaban J connectivity index is 3.84. The molecule has 0 saturated carbocycles. The van der Waals surface area contributed by atoms with E-state index in [0.717, 1.165) is 4.41 Å². The van der Waals surface area contributed by atoms with Crippen LogP contribution in [0.3, 0.4) is 0 Å². The number of rotatable bonds is 5. The highest BCUT2D eigenvalue weighted by Gasteiger charge is 2.06. The number of nitrogens with one attached hydrogen (secondary N) is 1. The van der Waals surface area contributed by atoms with Gasteiger partial charge in [-0.3, -0.25) is 9.00 Å². The summed E-state index contributed by atoms with van der Waals surface area (Å²) in [6.45, 7) is 1.93. The molecule has 6 nitrogen and oxygen atoms in total. The van der Waals surface area contributed by atoms with Gasteiger partial charge in [-0.05, 0) is 0 Å². The molecule has 0 aliphatic heterocycles. The maximum atomic E-state index is 10.6. The fourth-order valence-corrected chi connectivity index (χ4v) is 1.24. The minimum Gasteiger partial charge on any atom is -0.759 e. The minimum absolute atomic E-state index is 0.171. The van der Waals surface area contributed by atoms with Gasteiger partial charge in [-0.25, -0.2) is 5.01 Å². The zero-order chi connectivity index (χ0) is 10.4. The molecule has 7 heteroatoms. The normalized spacial score (nSPS) is 13.4. The van der Waals surface area contributed by atoms with Crippen LogP contribution in [-0.2, 0) is 16.1 Å². The third-order valence-corrected chi connectivity index (χ3v) is 2.15. The van der Waals surface area contributed by atoms with E-state index in [0.29, 0.717) is 6.54 Å². The van der Waals surface area contributed by atoms with E-state index in [1.807, 2.05) is 0 Å². The third kappa shape index (κ3) is 5.69. The molecule has 1 unspecified atom stereocenters. The highest BCUT2D eigenvalue weighted by Crippen LogP contribution is 1.92. The molecular weight excluding hydrogens is 194 g/mol. The molecule has 0 fully saturated rings. The van der Waals surface area contributed by atoms with E-state index in [-0.39, 0.29) is 12.5 Å². The third-order valence-electron chi connectivity index (χ3n) is 1.30. The van der Waals surface area contributed by atoms with Crippen molar-refractivity contribution in [2.45, 2.75) is 6.92 Å². The van der Waals surface area contributed by atoms with E-state index in [1.54, 1.807) is 14.1 Å². The van der Waals surface area contributed by atoms with Crippen LogP contribution >= 0.6 is 0 Å². The van der Waals surface area contributed by atoms with Crippen molar-refractivity contribution < 1.29 is 13.6 Å². The lowest BCUT2D eigenvalue weighted by atomic mass is 10.6. The molecule has 13 heavy (non-hydrogen) atoms. The predicted octanol–water partition coefficient (Wildman–Crippen LogP) is -1.30. The summed E-state index contributed by atoms with van der Waals surface area (Å²) in [5.74, 6) is -0.171. The summed E-state index contributed by atoms with van der Waals surface area (Å²) < 4.78 is 22.3.